The maximum Gasteiger partial charge on any atom is 0.238 e. The Balaban J connectivity index is 2.34. The molecule has 1 amide bonds. The monoisotopic (exact) mass is 238 g/mol. The van der Waals surface area contributed by atoms with E-state index in [9.17, 15) is 4.79 Å². The summed E-state index contributed by atoms with van der Waals surface area (Å²) in [5.41, 5.74) is 0.707. The van der Waals surface area contributed by atoms with Crippen LogP contribution in [0.3, 0.4) is 0 Å². The fourth-order valence-electron chi connectivity index (χ4n) is 1.31. The second-order valence-electron chi connectivity index (χ2n) is 3.53. The Morgan fingerprint density at radius 2 is 2.29 bits per heavy atom. The van der Waals surface area contributed by atoms with Gasteiger partial charge >= 0.3 is 0 Å². The summed E-state index contributed by atoms with van der Waals surface area (Å²) < 4.78 is 5.05. The molecule has 0 aliphatic heterocycles. The molecular weight excluding hydrogens is 220 g/mol. The summed E-state index contributed by atoms with van der Waals surface area (Å²) in [7, 11) is 1.58. The number of carbonyl (C=O) groups is 1. The van der Waals surface area contributed by atoms with Crippen LogP contribution in [0, 0.1) is 0 Å². The fraction of sp³-hybridized carbons (Fsp3) is 0.417. The molecule has 5 heteroatoms. The fourth-order valence-corrected chi connectivity index (χ4v) is 1.31. The molecule has 0 atom stereocenters. The molecule has 0 fully saturated rings. The minimum absolute atomic E-state index is 0.115. The van der Waals surface area contributed by atoms with Crippen LogP contribution in [0.4, 0.5) is 5.69 Å². The molecule has 1 aromatic rings. The molecule has 1 aromatic carbocycles. The second kappa shape index (κ2) is 7.65. The van der Waals surface area contributed by atoms with Gasteiger partial charge in [-0.25, -0.2) is 0 Å². The van der Waals surface area contributed by atoms with Crippen LogP contribution in [-0.2, 0) is 4.79 Å². The molecule has 94 valence electrons. The molecule has 0 bridgehead atoms. The summed E-state index contributed by atoms with van der Waals surface area (Å²) in [4.78, 5) is 11.5. The molecule has 0 radical (unpaired) electrons. The highest BCUT2D eigenvalue weighted by molar-refractivity contribution is 5.92. The highest BCUT2D eigenvalue weighted by atomic mass is 16.5. The third-order valence-electron chi connectivity index (χ3n) is 2.15. The number of anilines is 1. The van der Waals surface area contributed by atoms with Gasteiger partial charge in [0, 0.05) is 18.4 Å². The lowest BCUT2D eigenvalue weighted by Crippen LogP contribution is -2.29. The van der Waals surface area contributed by atoms with E-state index in [-0.39, 0.29) is 19.1 Å². The van der Waals surface area contributed by atoms with Crippen molar-refractivity contribution in [2.45, 2.75) is 6.42 Å². The van der Waals surface area contributed by atoms with Crippen molar-refractivity contribution in [1.29, 1.82) is 0 Å². The van der Waals surface area contributed by atoms with E-state index in [1.807, 2.05) is 12.1 Å². The van der Waals surface area contributed by atoms with Gasteiger partial charge in [-0.15, -0.1) is 0 Å². The van der Waals surface area contributed by atoms with E-state index >= 15 is 0 Å². The molecular formula is C12H18N2O3. The van der Waals surface area contributed by atoms with Crippen molar-refractivity contribution < 1.29 is 14.6 Å². The number of aliphatic hydroxyl groups is 1. The number of hydrogen-bond acceptors (Lipinski definition) is 4. The van der Waals surface area contributed by atoms with E-state index in [2.05, 4.69) is 10.6 Å². The van der Waals surface area contributed by atoms with E-state index in [0.717, 1.165) is 0 Å². The van der Waals surface area contributed by atoms with Crippen LogP contribution in [-0.4, -0.2) is 37.8 Å². The van der Waals surface area contributed by atoms with Crippen LogP contribution < -0.4 is 15.4 Å². The first-order valence-electron chi connectivity index (χ1n) is 5.51. The molecule has 0 spiro atoms. The average molecular weight is 238 g/mol. The Hall–Kier alpha value is -1.59. The predicted octanol–water partition coefficient (Wildman–Crippen LogP) is 0.606. The van der Waals surface area contributed by atoms with Gasteiger partial charge in [-0.05, 0) is 25.1 Å². The van der Waals surface area contributed by atoms with Crippen LogP contribution in [0.1, 0.15) is 6.42 Å². The summed E-state index contributed by atoms with van der Waals surface area (Å²) in [6.45, 7) is 0.990. The number of rotatable bonds is 7. The van der Waals surface area contributed by atoms with Gasteiger partial charge in [-0.3, -0.25) is 4.79 Å². The van der Waals surface area contributed by atoms with Gasteiger partial charge in [-0.2, -0.15) is 0 Å². The van der Waals surface area contributed by atoms with Gasteiger partial charge in [0.15, 0.2) is 0 Å². The van der Waals surface area contributed by atoms with Gasteiger partial charge in [-0.1, -0.05) is 6.07 Å². The number of nitrogens with one attached hydrogen (secondary N) is 2. The van der Waals surface area contributed by atoms with Gasteiger partial charge in [0.05, 0.1) is 13.7 Å². The first-order chi connectivity index (χ1) is 8.26. The van der Waals surface area contributed by atoms with Crippen molar-refractivity contribution in [1.82, 2.24) is 5.32 Å². The van der Waals surface area contributed by atoms with E-state index in [1.165, 1.54) is 0 Å². The highest BCUT2D eigenvalue weighted by Gasteiger charge is 2.02. The van der Waals surface area contributed by atoms with Crippen LogP contribution in [0.15, 0.2) is 24.3 Å². The number of amides is 1. The standard InChI is InChI=1S/C12H18N2O3/c1-17-11-5-2-4-10(8-11)14-12(16)9-13-6-3-7-15/h2,4-5,8,13,15H,3,6-7,9H2,1H3,(H,14,16). The molecule has 0 aromatic heterocycles. The van der Waals surface area contributed by atoms with Crippen LogP contribution >= 0.6 is 0 Å². The van der Waals surface area contributed by atoms with E-state index in [4.69, 9.17) is 9.84 Å². The quantitative estimate of drug-likeness (QED) is 0.609. The number of benzene rings is 1. The van der Waals surface area contributed by atoms with Crippen molar-refractivity contribution in [3.63, 3.8) is 0 Å². The summed E-state index contributed by atoms with van der Waals surface area (Å²) in [6.07, 6.45) is 0.645. The van der Waals surface area contributed by atoms with Crippen LogP contribution in [0.2, 0.25) is 0 Å². The molecule has 5 nitrogen and oxygen atoms in total. The Morgan fingerprint density at radius 3 is 3.00 bits per heavy atom. The second-order valence-corrected chi connectivity index (χ2v) is 3.53. The Kier molecular flexibility index (Phi) is 6.06. The SMILES string of the molecule is COc1cccc(NC(=O)CNCCCO)c1. The zero-order valence-corrected chi connectivity index (χ0v) is 9.90. The number of hydrogen-bond donors (Lipinski definition) is 3. The van der Waals surface area contributed by atoms with Gasteiger partial charge in [0.2, 0.25) is 5.91 Å². The molecule has 3 N–H and O–H groups in total. The molecule has 0 aliphatic carbocycles. The molecule has 17 heavy (non-hydrogen) atoms. The number of carbonyl (C=O) groups excluding carboxylic acids is 1. The van der Waals surface area contributed by atoms with Crippen molar-refractivity contribution in [3.05, 3.63) is 24.3 Å². The smallest absolute Gasteiger partial charge is 0.238 e. The maximum absolute atomic E-state index is 11.5. The van der Waals surface area contributed by atoms with Gasteiger partial charge in [0.1, 0.15) is 5.75 Å². The maximum atomic E-state index is 11.5. The van der Waals surface area contributed by atoms with Crippen molar-refractivity contribution >= 4 is 11.6 Å². The Labute approximate surface area is 101 Å². The summed E-state index contributed by atoms with van der Waals surface area (Å²) in [5, 5.41) is 14.3. The van der Waals surface area contributed by atoms with E-state index < -0.39 is 0 Å². The summed E-state index contributed by atoms with van der Waals surface area (Å²) >= 11 is 0. The topological polar surface area (TPSA) is 70.6 Å². The number of ether oxygens (including phenoxy) is 1. The number of aliphatic hydroxyl groups excluding tert-OH is 1. The minimum atomic E-state index is -0.115. The molecule has 0 heterocycles. The number of methoxy groups -OCH3 is 1. The molecule has 0 saturated carbocycles. The highest BCUT2D eigenvalue weighted by Crippen LogP contribution is 2.16. The Morgan fingerprint density at radius 1 is 1.47 bits per heavy atom. The Bertz CT molecular complexity index is 355. The minimum Gasteiger partial charge on any atom is -0.497 e. The lowest BCUT2D eigenvalue weighted by Gasteiger charge is -2.07. The summed E-state index contributed by atoms with van der Waals surface area (Å²) in [6, 6.07) is 7.18. The predicted molar refractivity (Wildman–Crippen MR) is 66.2 cm³/mol. The van der Waals surface area contributed by atoms with Crippen molar-refractivity contribution in [2.75, 3.05) is 32.1 Å². The largest absolute Gasteiger partial charge is 0.497 e. The van der Waals surface area contributed by atoms with E-state index in [1.54, 1.807) is 19.2 Å². The van der Waals surface area contributed by atoms with Gasteiger partial charge < -0.3 is 20.5 Å². The van der Waals surface area contributed by atoms with Crippen LogP contribution in [0.25, 0.3) is 0 Å². The first kappa shape index (κ1) is 13.5. The normalized spacial score (nSPS) is 10.0. The third kappa shape index (κ3) is 5.33. The lowest BCUT2D eigenvalue weighted by atomic mass is 10.3. The summed E-state index contributed by atoms with van der Waals surface area (Å²) in [5.74, 6) is 0.590. The molecule has 0 unspecified atom stereocenters. The van der Waals surface area contributed by atoms with Crippen LogP contribution in [0.5, 0.6) is 5.75 Å². The van der Waals surface area contributed by atoms with Gasteiger partial charge in [0.25, 0.3) is 0 Å². The van der Waals surface area contributed by atoms with Crippen molar-refractivity contribution in [2.24, 2.45) is 0 Å². The zero-order valence-electron chi connectivity index (χ0n) is 9.90. The third-order valence-corrected chi connectivity index (χ3v) is 2.15. The first-order valence-corrected chi connectivity index (χ1v) is 5.51. The zero-order chi connectivity index (χ0) is 12.5. The van der Waals surface area contributed by atoms with E-state index in [0.29, 0.717) is 24.4 Å². The molecule has 1 rings (SSSR count). The lowest BCUT2D eigenvalue weighted by molar-refractivity contribution is -0.115. The molecule has 0 aliphatic rings. The van der Waals surface area contributed by atoms with Crippen molar-refractivity contribution in [3.8, 4) is 5.75 Å². The molecule has 0 saturated heterocycles. The average Bonchev–Trinajstić information content (AvgIpc) is 2.35.